The first-order valence-corrected chi connectivity index (χ1v) is 7.79. The second kappa shape index (κ2) is 6.74. The van der Waals surface area contributed by atoms with E-state index in [0.29, 0.717) is 13.1 Å². The number of aliphatic hydroxyl groups excluding tert-OH is 2. The Morgan fingerprint density at radius 1 is 1.22 bits per heavy atom. The monoisotopic (exact) mass is 316 g/mol. The summed E-state index contributed by atoms with van der Waals surface area (Å²) in [6, 6.07) is 11.7. The fraction of sp³-hybridized carbons (Fsp3) is 0.389. The Kier molecular flexibility index (Phi) is 4.71. The molecule has 2 N–H and O–H groups in total. The summed E-state index contributed by atoms with van der Waals surface area (Å²) in [5.74, 6) is -0.432. The normalized spacial score (nSPS) is 25.0. The minimum Gasteiger partial charge on any atom is -0.395 e. The van der Waals surface area contributed by atoms with Crippen molar-refractivity contribution < 1.29 is 14.6 Å². The van der Waals surface area contributed by atoms with Crippen molar-refractivity contribution in [1.82, 2.24) is 9.88 Å². The number of aryl methyl sites for hydroxylation is 1. The molecule has 1 aliphatic rings. The molecule has 0 aliphatic carbocycles. The molecule has 2 heterocycles. The molecular formula is C18H21FN2O2. The highest BCUT2D eigenvalue weighted by Crippen LogP contribution is 2.33. The summed E-state index contributed by atoms with van der Waals surface area (Å²) >= 11 is 0. The zero-order valence-corrected chi connectivity index (χ0v) is 13.1. The number of likely N-dealkylation sites (tertiary alicyclic amines) is 1. The van der Waals surface area contributed by atoms with Crippen LogP contribution in [0.3, 0.4) is 0 Å². The van der Waals surface area contributed by atoms with E-state index in [0.717, 1.165) is 17.0 Å². The molecule has 5 heteroatoms. The Bertz CT molecular complexity index is 662. The molecular weight excluding hydrogens is 295 g/mol. The lowest BCUT2D eigenvalue weighted by molar-refractivity contribution is 0.0636. The molecule has 4 nitrogen and oxygen atoms in total. The Hall–Kier alpha value is -1.82. The summed E-state index contributed by atoms with van der Waals surface area (Å²) in [7, 11) is 0. The minimum absolute atomic E-state index is 0.120. The van der Waals surface area contributed by atoms with Crippen LogP contribution in [0.4, 0.5) is 4.39 Å². The predicted molar refractivity (Wildman–Crippen MR) is 85.4 cm³/mol. The van der Waals surface area contributed by atoms with Gasteiger partial charge in [-0.3, -0.25) is 9.88 Å². The van der Waals surface area contributed by atoms with E-state index in [2.05, 4.69) is 4.98 Å². The van der Waals surface area contributed by atoms with Gasteiger partial charge in [0.25, 0.3) is 0 Å². The number of nitrogens with zero attached hydrogens (tertiary/aromatic N) is 2. The van der Waals surface area contributed by atoms with Crippen LogP contribution in [0.1, 0.15) is 22.9 Å². The van der Waals surface area contributed by atoms with E-state index in [1.54, 1.807) is 12.1 Å². The van der Waals surface area contributed by atoms with Crippen molar-refractivity contribution >= 4 is 0 Å². The van der Waals surface area contributed by atoms with E-state index in [4.69, 9.17) is 0 Å². The fourth-order valence-corrected chi connectivity index (χ4v) is 3.29. The molecule has 1 aromatic heterocycles. The molecule has 3 rings (SSSR count). The van der Waals surface area contributed by atoms with Gasteiger partial charge < -0.3 is 10.2 Å². The van der Waals surface area contributed by atoms with Gasteiger partial charge in [0.15, 0.2) is 0 Å². The molecule has 1 aliphatic heterocycles. The SMILES string of the molecule is Cc1cccc(CN2C[C@H](c3ccc(F)cc3)[C@@H](O)[C@H]2CO)n1. The van der Waals surface area contributed by atoms with Gasteiger partial charge >= 0.3 is 0 Å². The Morgan fingerprint density at radius 3 is 2.61 bits per heavy atom. The largest absolute Gasteiger partial charge is 0.395 e. The molecule has 122 valence electrons. The van der Waals surface area contributed by atoms with Crippen molar-refractivity contribution in [3.63, 3.8) is 0 Å². The second-order valence-corrected chi connectivity index (χ2v) is 6.10. The van der Waals surface area contributed by atoms with Crippen LogP contribution in [0.25, 0.3) is 0 Å². The van der Waals surface area contributed by atoms with Gasteiger partial charge in [0.2, 0.25) is 0 Å². The van der Waals surface area contributed by atoms with Crippen LogP contribution in [0.15, 0.2) is 42.5 Å². The van der Waals surface area contributed by atoms with Crippen LogP contribution >= 0.6 is 0 Å². The Balaban J connectivity index is 1.80. The third kappa shape index (κ3) is 3.42. The maximum Gasteiger partial charge on any atom is 0.123 e. The molecule has 2 aromatic rings. The van der Waals surface area contributed by atoms with Crippen molar-refractivity contribution in [2.75, 3.05) is 13.2 Å². The molecule has 1 saturated heterocycles. The van der Waals surface area contributed by atoms with E-state index < -0.39 is 6.10 Å². The van der Waals surface area contributed by atoms with E-state index >= 15 is 0 Å². The number of aromatic nitrogens is 1. The van der Waals surface area contributed by atoms with Crippen LogP contribution in [0.2, 0.25) is 0 Å². The molecule has 0 unspecified atom stereocenters. The summed E-state index contributed by atoms with van der Waals surface area (Å²) in [6.45, 7) is 2.99. The smallest absolute Gasteiger partial charge is 0.123 e. The average molecular weight is 316 g/mol. The van der Waals surface area contributed by atoms with Crippen molar-refractivity contribution in [3.05, 3.63) is 65.2 Å². The summed E-state index contributed by atoms with van der Waals surface area (Å²) in [5, 5.41) is 20.2. The number of pyridine rings is 1. The lowest BCUT2D eigenvalue weighted by Gasteiger charge is -2.23. The fourth-order valence-electron chi connectivity index (χ4n) is 3.29. The molecule has 0 amide bonds. The number of halogens is 1. The van der Waals surface area contributed by atoms with Gasteiger partial charge in [-0.2, -0.15) is 0 Å². The van der Waals surface area contributed by atoms with Crippen molar-refractivity contribution in [2.45, 2.75) is 31.5 Å². The van der Waals surface area contributed by atoms with Gasteiger partial charge in [0, 0.05) is 24.7 Å². The molecule has 23 heavy (non-hydrogen) atoms. The first-order valence-electron chi connectivity index (χ1n) is 7.79. The van der Waals surface area contributed by atoms with Crippen molar-refractivity contribution in [2.24, 2.45) is 0 Å². The van der Waals surface area contributed by atoms with Crippen molar-refractivity contribution in [3.8, 4) is 0 Å². The first-order chi connectivity index (χ1) is 11.1. The van der Waals surface area contributed by atoms with Gasteiger partial charge in [-0.1, -0.05) is 18.2 Å². The Labute approximate surface area is 135 Å². The number of aliphatic hydroxyl groups is 2. The van der Waals surface area contributed by atoms with Gasteiger partial charge in [-0.25, -0.2) is 4.39 Å². The van der Waals surface area contributed by atoms with E-state index in [9.17, 15) is 14.6 Å². The minimum atomic E-state index is -0.685. The van der Waals surface area contributed by atoms with Gasteiger partial charge in [0.1, 0.15) is 5.82 Å². The van der Waals surface area contributed by atoms with Crippen LogP contribution in [0, 0.1) is 12.7 Å². The van der Waals surface area contributed by atoms with E-state index in [1.807, 2.05) is 30.0 Å². The number of benzene rings is 1. The molecule has 3 atom stereocenters. The second-order valence-electron chi connectivity index (χ2n) is 6.10. The third-order valence-electron chi connectivity index (χ3n) is 4.50. The maximum atomic E-state index is 13.1. The standard InChI is InChI=1S/C18H21FN2O2/c1-12-3-2-4-15(20-12)9-21-10-16(18(23)17(21)11-22)13-5-7-14(19)8-6-13/h2-8,16-18,22-23H,9-11H2,1H3/t16-,17-,18-/m1/s1. The summed E-state index contributed by atoms with van der Waals surface area (Å²) in [4.78, 5) is 6.53. The van der Waals surface area contributed by atoms with Crippen molar-refractivity contribution in [1.29, 1.82) is 0 Å². The predicted octanol–water partition coefficient (Wildman–Crippen LogP) is 1.85. The average Bonchev–Trinajstić information content (AvgIpc) is 2.84. The third-order valence-corrected chi connectivity index (χ3v) is 4.50. The van der Waals surface area contributed by atoms with Crippen LogP contribution in [-0.2, 0) is 6.54 Å². The van der Waals surface area contributed by atoms with Crippen LogP contribution < -0.4 is 0 Å². The molecule has 0 radical (unpaired) electrons. The summed E-state index contributed by atoms with van der Waals surface area (Å²) < 4.78 is 13.1. The van der Waals surface area contributed by atoms with E-state index in [1.165, 1.54) is 12.1 Å². The topological polar surface area (TPSA) is 56.6 Å². The zero-order chi connectivity index (χ0) is 16.4. The highest BCUT2D eigenvalue weighted by atomic mass is 19.1. The lowest BCUT2D eigenvalue weighted by Crippen LogP contribution is -2.38. The summed E-state index contributed by atoms with van der Waals surface area (Å²) in [5.41, 5.74) is 2.74. The summed E-state index contributed by atoms with van der Waals surface area (Å²) in [6.07, 6.45) is -0.685. The highest BCUT2D eigenvalue weighted by Gasteiger charge is 2.41. The highest BCUT2D eigenvalue weighted by molar-refractivity contribution is 5.25. The Morgan fingerprint density at radius 2 is 1.96 bits per heavy atom. The van der Waals surface area contributed by atoms with Crippen LogP contribution in [-0.4, -0.2) is 45.4 Å². The molecule has 0 spiro atoms. The molecule has 1 fully saturated rings. The molecule has 1 aromatic carbocycles. The quantitative estimate of drug-likeness (QED) is 0.904. The van der Waals surface area contributed by atoms with Gasteiger partial charge in [-0.15, -0.1) is 0 Å². The number of hydrogen-bond donors (Lipinski definition) is 2. The van der Waals surface area contributed by atoms with Gasteiger partial charge in [0.05, 0.1) is 24.4 Å². The molecule has 0 bridgehead atoms. The zero-order valence-electron chi connectivity index (χ0n) is 13.1. The first kappa shape index (κ1) is 16.1. The maximum absolute atomic E-state index is 13.1. The molecule has 0 saturated carbocycles. The lowest BCUT2D eigenvalue weighted by atomic mass is 9.94. The number of rotatable bonds is 4. The van der Waals surface area contributed by atoms with E-state index in [-0.39, 0.29) is 24.4 Å². The van der Waals surface area contributed by atoms with Crippen LogP contribution in [0.5, 0.6) is 0 Å². The van der Waals surface area contributed by atoms with Gasteiger partial charge in [-0.05, 0) is 36.8 Å². The number of hydrogen-bond acceptors (Lipinski definition) is 4.